The molecule has 310 valence electrons. The van der Waals surface area contributed by atoms with Crippen molar-refractivity contribution in [3.05, 3.63) is 72.9 Å². The maximum Gasteiger partial charge on any atom is 0.305 e. The summed E-state index contributed by atoms with van der Waals surface area (Å²) in [4.78, 5) is 24.0. The minimum atomic E-state index is -1.04. The highest BCUT2D eigenvalue weighted by atomic mass is 16.6. The molecule has 0 fully saturated rings. The molecular formula is C47H80O7. The van der Waals surface area contributed by atoms with Gasteiger partial charge in [-0.15, -0.1) is 0 Å². The molecule has 7 nitrogen and oxygen atoms in total. The van der Waals surface area contributed by atoms with Crippen molar-refractivity contribution in [2.45, 2.75) is 193 Å². The molecule has 3 N–H and O–H groups in total. The first-order valence-corrected chi connectivity index (χ1v) is 21.6. The number of ether oxygens (including phenoxy) is 2. The summed E-state index contributed by atoms with van der Waals surface area (Å²) in [6.07, 6.45) is 46.1. The van der Waals surface area contributed by atoms with Crippen LogP contribution in [0, 0.1) is 5.92 Å². The number of carbonyl (C=O) groups is 2. The van der Waals surface area contributed by atoms with Crippen molar-refractivity contribution in [1.82, 2.24) is 0 Å². The fourth-order valence-corrected chi connectivity index (χ4v) is 5.78. The Kier molecular flexibility index (Phi) is 37.9. The summed E-state index contributed by atoms with van der Waals surface area (Å²) in [5.74, 6) is 0.106. The number of hydrogen-bond acceptors (Lipinski definition) is 7. The monoisotopic (exact) mass is 757 g/mol. The Balaban J connectivity index is 3.66. The predicted molar refractivity (Wildman–Crippen MR) is 226 cm³/mol. The van der Waals surface area contributed by atoms with Crippen LogP contribution in [-0.2, 0) is 19.1 Å². The van der Waals surface area contributed by atoms with Gasteiger partial charge in [-0.1, -0.05) is 196 Å². The van der Waals surface area contributed by atoms with E-state index in [1.54, 1.807) is 24.3 Å². The second-order valence-corrected chi connectivity index (χ2v) is 15.0. The van der Waals surface area contributed by atoms with Gasteiger partial charge in [-0.25, -0.2) is 0 Å². The Morgan fingerprint density at radius 3 is 1.54 bits per heavy atom. The first kappa shape index (κ1) is 51.3. The van der Waals surface area contributed by atoms with Crippen LogP contribution < -0.4 is 0 Å². The van der Waals surface area contributed by atoms with E-state index in [1.165, 1.54) is 89.9 Å². The summed E-state index contributed by atoms with van der Waals surface area (Å²) in [6.45, 7) is 6.31. The van der Waals surface area contributed by atoms with E-state index in [4.69, 9.17) is 9.47 Å². The Labute approximate surface area is 330 Å². The van der Waals surface area contributed by atoms with Crippen LogP contribution in [-0.4, -0.2) is 58.8 Å². The Hall–Kier alpha value is -2.74. The van der Waals surface area contributed by atoms with Gasteiger partial charge in [-0.05, 0) is 44.4 Å². The van der Waals surface area contributed by atoms with Crippen LogP contribution in [0.25, 0.3) is 0 Å². The molecular weight excluding hydrogens is 677 g/mol. The summed E-state index contributed by atoms with van der Waals surface area (Å²) in [7, 11) is 0. The lowest BCUT2D eigenvalue weighted by Crippen LogP contribution is -2.25. The van der Waals surface area contributed by atoms with Crippen molar-refractivity contribution in [1.29, 1.82) is 0 Å². The number of unbranched alkanes of at least 4 members (excludes halogenated alkanes) is 16. The van der Waals surface area contributed by atoms with E-state index < -0.39 is 24.3 Å². The van der Waals surface area contributed by atoms with Crippen molar-refractivity contribution in [3.63, 3.8) is 0 Å². The van der Waals surface area contributed by atoms with Crippen LogP contribution in [0.15, 0.2) is 72.9 Å². The summed E-state index contributed by atoms with van der Waals surface area (Å²) in [6, 6.07) is 0. The third-order valence-electron chi connectivity index (χ3n) is 9.06. The van der Waals surface area contributed by atoms with Crippen LogP contribution in [0.2, 0.25) is 0 Å². The minimum absolute atomic E-state index is 0.176. The fraction of sp³-hybridized carbons (Fsp3) is 0.702. The van der Waals surface area contributed by atoms with Gasteiger partial charge in [-0.2, -0.15) is 0 Å². The molecule has 0 aromatic heterocycles. The van der Waals surface area contributed by atoms with E-state index in [0.717, 1.165) is 38.0 Å². The van der Waals surface area contributed by atoms with Crippen molar-refractivity contribution >= 4 is 11.9 Å². The van der Waals surface area contributed by atoms with Crippen molar-refractivity contribution in [2.75, 3.05) is 13.2 Å². The summed E-state index contributed by atoms with van der Waals surface area (Å²) in [5, 5.41) is 29.9. The van der Waals surface area contributed by atoms with Crippen LogP contribution in [0.3, 0.4) is 0 Å². The third-order valence-corrected chi connectivity index (χ3v) is 9.06. The molecule has 0 radical (unpaired) electrons. The van der Waals surface area contributed by atoms with Crippen molar-refractivity contribution in [3.8, 4) is 0 Å². The van der Waals surface area contributed by atoms with E-state index in [0.29, 0.717) is 25.7 Å². The lowest BCUT2D eigenvalue weighted by Gasteiger charge is -2.12. The average Bonchev–Trinajstić information content (AvgIpc) is 3.14. The second kappa shape index (κ2) is 39.9. The number of aliphatic hydroxyl groups excluding tert-OH is 3. The van der Waals surface area contributed by atoms with Crippen molar-refractivity contribution in [2.24, 2.45) is 5.92 Å². The van der Waals surface area contributed by atoms with Crippen LogP contribution >= 0.6 is 0 Å². The minimum Gasteiger partial charge on any atom is -0.463 e. The van der Waals surface area contributed by atoms with Gasteiger partial charge in [0.05, 0.1) is 12.2 Å². The summed E-state index contributed by atoms with van der Waals surface area (Å²) in [5.41, 5.74) is 0. The molecule has 0 aliphatic heterocycles. The van der Waals surface area contributed by atoms with E-state index in [2.05, 4.69) is 20.8 Å². The molecule has 7 heteroatoms. The van der Waals surface area contributed by atoms with Gasteiger partial charge in [0.15, 0.2) is 0 Å². The lowest BCUT2D eigenvalue weighted by atomic mass is 10.0. The summed E-state index contributed by atoms with van der Waals surface area (Å²) < 4.78 is 10.3. The van der Waals surface area contributed by atoms with Gasteiger partial charge in [0.1, 0.15) is 19.3 Å². The molecule has 0 aromatic carbocycles. The van der Waals surface area contributed by atoms with E-state index in [-0.39, 0.29) is 25.6 Å². The molecule has 54 heavy (non-hydrogen) atoms. The standard InChI is InChI=1S/C47H80O7/c1-4-5-26-34-43(48)35-28-22-18-16-19-23-29-36-44(49)37-30-25-32-39-47(52)54-41-45(50)40-53-46(51)38-31-24-20-15-13-11-9-7-6-8-10-12-14-17-21-27-33-42(2)3/h5,18-19,22-23,26,28-30,35-37,42-45,48-50H,4,6-17,20-21,24-25,27,31-34,38-41H2,1-3H3/b22-18-,23-19-,26-5-,35-28+,36-29+,37-30-/t43-,44-,45-/m1/s1. The zero-order chi connectivity index (χ0) is 39.7. The molecule has 0 saturated heterocycles. The third kappa shape index (κ3) is 40.4. The number of hydrogen-bond donors (Lipinski definition) is 3. The zero-order valence-corrected chi connectivity index (χ0v) is 34.6. The number of aliphatic hydroxyl groups is 3. The maximum absolute atomic E-state index is 12.0. The number of allylic oxidation sites excluding steroid dienone is 8. The van der Waals surface area contributed by atoms with Crippen LogP contribution in [0.1, 0.15) is 175 Å². The molecule has 0 saturated carbocycles. The molecule has 0 amide bonds. The Morgan fingerprint density at radius 2 is 1.02 bits per heavy atom. The maximum atomic E-state index is 12.0. The Bertz CT molecular complexity index is 1040. The van der Waals surface area contributed by atoms with Gasteiger partial charge in [0.25, 0.3) is 0 Å². The lowest BCUT2D eigenvalue weighted by molar-refractivity contribution is -0.152. The predicted octanol–water partition coefficient (Wildman–Crippen LogP) is 11.5. The molecule has 0 rings (SSSR count). The number of esters is 2. The second-order valence-electron chi connectivity index (χ2n) is 15.0. The van der Waals surface area contributed by atoms with Crippen molar-refractivity contribution < 1.29 is 34.4 Å². The largest absolute Gasteiger partial charge is 0.463 e. The Morgan fingerprint density at radius 1 is 0.537 bits per heavy atom. The molecule has 0 spiro atoms. The van der Waals surface area contributed by atoms with Crippen LogP contribution in [0.5, 0.6) is 0 Å². The first-order chi connectivity index (χ1) is 26.2. The van der Waals surface area contributed by atoms with Gasteiger partial charge in [-0.3, -0.25) is 9.59 Å². The van der Waals surface area contributed by atoms with Gasteiger partial charge in [0, 0.05) is 12.8 Å². The highest BCUT2D eigenvalue weighted by molar-refractivity contribution is 5.69. The quantitative estimate of drug-likeness (QED) is 0.0250. The summed E-state index contributed by atoms with van der Waals surface area (Å²) >= 11 is 0. The van der Waals surface area contributed by atoms with Crippen LogP contribution in [0.4, 0.5) is 0 Å². The smallest absolute Gasteiger partial charge is 0.305 e. The molecule has 3 atom stereocenters. The average molecular weight is 757 g/mol. The van der Waals surface area contributed by atoms with Gasteiger partial charge >= 0.3 is 11.9 Å². The molecule has 0 aliphatic rings. The molecule has 0 heterocycles. The van der Waals surface area contributed by atoms with Gasteiger partial charge < -0.3 is 24.8 Å². The number of carbonyl (C=O) groups excluding carboxylic acids is 2. The highest BCUT2D eigenvalue weighted by Gasteiger charge is 2.12. The van der Waals surface area contributed by atoms with E-state index in [1.807, 2.05) is 48.6 Å². The highest BCUT2D eigenvalue weighted by Crippen LogP contribution is 2.15. The molecule has 0 unspecified atom stereocenters. The first-order valence-electron chi connectivity index (χ1n) is 21.6. The molecule has 0 aliphatic carbocycles. The van der Waals surface area contributed by atoms with E-state index in [9.17, 15) is 24.9 Å². The van der Waals surface area contributed by atoms with E-state index >= 15 is 0 Å². The zero-order valence-electron chi connectivity index (χ0n) is 34.6. The normalized spacial score (nSPS) is 14.2. The molecule has 0 bridgehead atoms. The van der Waals surface area contributed by atoms with Gasteiger partial charge in [0.2, 0.25) is 0 Å². The fourth-order valence-electron chi connectivity index (χ4n) is 5.78. The number of rotatable bonds is 37. The molecule has 0 aromatic rings. The SMILES string of the molecule is CC/C=C\C[C@@H](O)/C=C/C=C\C/C=C\C=C\[C@@H](O)/C=C\CCCC(=O)OC[C@H](O)COC(=O)CCCCCCCCCCCCCCCCCCC(C)C. The topological polar surface area (TPSA) is 113 Å².